The second-order valence-corrected chi connectivity index (χ2v) is 9.51. The van der Waals surface area contributed by atoms with Crippen molar-refractivity contribution in [1.29, 1.82) is 0 Å². The molecule has 3 rings (SSSR count). The van der Waals surface area contributed by atoms with E-state index >= 15 is 0 Å². The van der Waals surface area contributed by atoms with Crippen LogP contribution in [-0.2, 0) is 27.2 Å². The molecule has 1 fully saturated rings. The largest absolute Gasteiger partial charge is 0.489 e. The molecule has 1 heterocycles. The summed E-state index contributed by atoms with van der Waals surface area (Å²) in [5, 5.41) is 8.46. The van der Waals surface area contributed by atoms with Crippen LogP contribution >= 0.6 is 0 Å². The molecule has 2 aliphatic rings. The highest BCUT2D eigenvalue weighted by Gasteiger charge is 2.38. The molecule has 188 valence electrons. The van der Waals surface area contributed by atoms with E-state index < -0.39 is 0 Å². The molecule has 0 aromatic heterocycles. The number of aryl methyl sites for hydroxylation is 2. The highest BCUT2D eigenvalue weighted by molar-refractivity contribution is 5.89. The van der Waals surface area contributed by atoms with Crippen molar-refractivity contribution in [3.05, 3.63) is 29.3 Å². The standard InChI is InChI=1S/C26H40N4O4/c1-4-5-8-19-9-6-10-20-11-7-12-21(34-25(19)20)15-29-24(18-13-14-18)26(33)30(3)17-23(32)28-16-22(31)27-2/h6,9-10,18,21,24,29H,4-5,7-8,11-17H2,1-3H3,(H,27,31)(H,28,32). The summed E-state index contributed by atoms with van der Waals surface area (Å²) in [5.74, 6) is 0.622. The molecule has 3 N–H and O–H groups in total. The number of nitrogens with one attached hydrogen (secondary N) is 3. The van der Waals surface area contributed by atoms with Crippen molar-refractivity contribution in [2.45, 2.75) is 70.4 Å². The summed E-state index contributed by atoms with van der Waals surface area (Å²) < 4.78 is 6.52. The van der Waals surface area contributed by atoms with E-state index in [1.54, 1.807) is 7.05 Å². The van der Waals surface area contributed by atoms with Gasteiger partial charge in [-0.05, 0) is 62.0 Å². The van der Waals surface area contributed by atoms with Gasteiger partial charge in [0.15, 0.2) is 0 Å². The predicted molar refractivity (Wildman–Crippen MR) is 132 cm³/mol. The van der Waals surface area contributed by atoms with Crippen LogP contribution in [0.15, 0.2) is 18.2 Å². The molecule has 1 aliphatic carbocycles. The van der Waals surface area contributed by atoms with Gasteiger partial charge in [0, 0.05) is 20.6 Å². The molecule has 1 aromatic rings. The fourth-order valence-corrected chi connectivity index (χ4v) is 4.44. The molecule has 3 amide bonds. The van der Waals surface area contributed by atoms with Gasteiger partial charge in [0.2, 0.25) is 17.7 Å². The molecule has 1 aromatic carbocycles. The lowest BCUT2D eigenvalue weighted by atomic mass is 10.0. The molecule has 8 nitrogen and oxygen atoms in total. The number of hydrogen-bond acceptors (Lipinski definition) is 5. The summed E-state index contributed by atoms with van der Waals surface area (Å²) in [7, 11) is 3.15. The third-order valence-electron chi connectivity index (χ3n) is 6.64. The summed E-state index contributed by atoms with van der Waals surface area (Å²) >= 11 is 0. The molecule has 0 spiro atoms. The van der Waals surface area contributed by atoms with Crippen molar-refractivity contribution in [3.63, 3.8) is 0 Å². The van der Waals surface area contributed by atoms with Crippen molar-refractivity contribution in [2.24, 2.45) is 5.92 Å². The van der Waals surface area contributed by atoms with Crippen LogP contribution in [0.3, 0.4) is 0 Å². The van der Waals surface area contributed by atoms with Gasteiger partial charge in [-0.2, -0.15) is 0 Å². The zero-order valence-corrected chi connectivity index (χ0v) is 20.8. The lowest BCUT2D eigenvalue weighted by molar-refractivity contribution is -0.137. The van der Waals surface area contributed by atoms with E-state index in [0.29, 0.717) is 12.5 Å². The van der Waals surface area contributed by atoms with E-state index in [2.05, 4.69) is 41.1 Å². The molecule has 0 bridgehead atoms. The summed E-state index contributed by atoms with van der Waals surface area (Å²) in [6.07, 6.45) is 8.37. The molecule has 0 radical (unpaired) electrons. The number of benzene rings is 1. The minimum atomic E-state index is -0.350. The Morgan fingerprint density at radius 3 is 2.68 bits per heavy atom. The smallest absolute Gasteiger partial charge is 0.240 e. The lowest BCUT2D eigenvalue weighted by Gasteiger charge is -2.27. The van der Waals surface area contributed by atoms with Gasteiger partial charge in [-0.15, -0.1) is 0 Å². The topological polar surface area (TPSA) is 99.8 Å². The minimum Gasteiger partial charge on any atom is -0.489 e. The van der Waals surface area contributed by atoms with Crippen LogP contribution in [0.2, 0.25) is 0 Å². The maximum atomic E-state index is 13.1. The molecule has 2 atom stereocenters. The van der Waals surface area contributed by atoms with Crippen molar-refractivity contribution in [1.82, 2.24) is 20.9 Å². The van der Waals surface area contributed by atoms with E-state index in [1.807, 2.05) is 0 Å². The molecule has 1 saturated carbocycles. The van der Waals surface area contributed by atoms with Crippen LogP contribution in [0.4, 0.5) is 0 Å². The Labute approximate surface area is 203 Å². The highest BCUT2D eigenvalue weighted by Crippen LogP contribution is 2.34. The van der Waals surface area contributed by atoms with Crippen molar-refractivity contribution >= 4 is 17.7 Å². The number of fused-ring (bicyclic) bond motifs is 1. The Balaban J connectivity index is 1.56. The first-order chi connectivity index (χ1) is 16.4. The quantitative estimate of drug-likeness (QED) is 0.431. The molecular weight excluding hydrogens is 432 g/mol. The number of carbonyl (C=O) groups is 3. The van der Waals surface area contributed by atoms with Crippen molar-refractivity contribution in [3.8, 4) is 5.75 Å². The van der Waals surface area contributed by atoms with Gasteiger partial charge in [-0.3, -0.25) is 14.4 Å². The lowest BCUT2D eigenvalue weighted by Crippen LogP contribution is -2.51. The average molecular weight is 473 g/mol. The van der Waals surface area contributed by atoms with E-state index in [-0.39, 0.29) is 43.0 Å². The number of hydrogen-bond donors (Lipinski definition) is 3. The van der Waals surface area contributed by atoms with Gasteiger partial charge >= 0.3 is 0 Å². The normalized spacial score (nSPS) is 18.1. The van der Waals surface area contributed by atoms with Crippen LogP contribution in [-0.4, -0.2) is 68.5 Å². The first-order valence-electron chi connectivity index (χ1n) is 12.7. The maximum absolute atomic E-state index is 13.1. The first kappa shape index (κ1) is 26.0. The van der Waals surface area contributed by atoms with Crippen LogP contribution in [0.1, 0.15) is 56.6 Å². The van der Waals surface area contributed by atoms with E-state index in [1.165, 1.54) is 23.1 Å². The highest BCUT2D eigenvalue weighted by atomic mass is 16.5. The number of ether oxygens (including phenoxy) is 1. The van der Waals surface area contributed by atoms with Gasteiger partial charge in [0.1, 0.15) is 11.9 Å². The molecule has 34 heavy (non-hydrogen) atoms. The van der Waals surface area contributed by atoms with Crippen LogP contribution in [0.25, 0.3) is 0 Å². The first-order valence-corrected chi connectivity index (χ1v) is 12.7. The van der Waals surface area contributed by atoms with Crippen LogP contribution in [0.5, 0.6) is 5.75 Å². The SMILES string of the molecule is CCCCc1cccc2c1OC(CNC(C(=O)N(C)CC(=O)NCC(=O)NC)C1CC1)CCC2. The van der Waals surface area contributed by atoms with Gasteiger partial charge in [0.05, 0.1) is 19.1 Å². The second-order valence-electron chi connectivity index (χ2n) is 9.51. The summed E-state index contributed by atoms with van der Waals surface area (Å²) in [6, 6.07) is 6.15. The van der Waals surface area contributed by atoms with E-state index in [9.17, 15) is 14.4 Å². The van der Waals surface area contributed by atoms with E-state index in [0.717, 1.165) is 57.1 Å². The number of amides is 3. The fraction of sp³-hybridized carbons (Fsp3) is 0.654. The number of rotatable bonds is 12. The third kappa shape index (κ3) is 7.45. The van der Waals surface area contributed by atoms with Crippen LogP contribution in [0, 0.1) is 5.92 Å². The predicted octanol–water partition coefficient (Wildman–Crippen LogP) is 1.80. The second kappa shape index (κ2) is 12.7. The minimum absolute atomic E-state index is 0.0132. The van der Waals surface area contributed by atoms with Gasteiger partial charge < -0.3 is 25.6 Å². The monoisotopic (exact) mass is 472 g/mol. The maximum Gasteiger partial charge on any atom is 0.240 e. The zero-order chi connectivity index (χ0) is 24.5. The van der Waals surface area contributed by atoms with Gasteiger partial charge in [0.25, 0.3) is 0 Å². The Morgan fingerprint density at radius 1 is 1.18 bits per heavy atom. The summed E-state index contributed by atoms with van der Waals surface area (Å²) in [4.78, 5) is 38.0. The number of unbranched alkanes of at least 4 members (excludes halogenated alkanes) is 1. The Morgan fingerprint density at radius 2 is 1.97 bits per heavy atom. The third-order valence-corrected chi connectivity index (χ3v) is 6.64. The number of carbonyl (C=O) groups excluding carboxylic acids is 3. The molecule has 0 saturated heterocycles. The Kier molecular flexibility index (Phi) is 9.74. The Hall–Kier alpha value is -2.61. The summed E-state index contributed by atoms with van der Waals surface area (Å²) in [5.41, 5.74) is 2.57. The zero-order valence-electron chi connectivity index (χ0n) is 20.8. The number of likely N-dealkylation sites (N-methyl/N-ethyl adjacent to an activating group) is 2. The number of para-hydroxylation sites is 1. The van der Waals surface area contributed by atoms with Crippen molar-refractivity contribution < 1.29 is 19.1 Å². The fourth-order valence-electron chi connectivity index (χ4n) is 4.44. The molecule has 2 unspecified atom stereocenters. The Bertz CT molecular complexity index is 855. The van der Waals surface area contributed by atoms with Crippen LogP contribution < -0.4 is 20.7 Å². The number of nitrogens with zero attached hydrogens (tertiary/aromatic N) is 1. The van der Waals surface area contributed by atoms with Gasteiger partial charge in [-0.25, -0.2) is 0 Å². The van der Waals surface area contributed by atoms with E-state index in [4.69, 9.17) is 4.74 Å². The average Bonchev–Trinajstić information content (AvgIpc) is 3.68. The molecule has 1 aliphatic heterocycles. The summed E-state index contributed by atoms with van der Waals surface area (Å²) in [6.45, 7) is 2.63. The molecule has 8 heteroatoms. The van der Waals surface area contributed by atoms with Gasteiger partial charge in [-0.1, -0.05) is 31.5 Å². The van der Waals surface area contributed by atoms with Crippen molar-refractivity contribution in [2.75, 3.05) is 33.7 Å². The molecular formula is C26H40N4O4.